The van der Waals surface area contributed by atoms with Crippen LogP contribution in [0.2, 0.25) is 0 Å². The molecule has 1 aromatic rings. The van der Waals surface area contributed by atoms with Gasteiger partial charge in [0.05, 0.1) is 4.91 Å². The van der Waals surface area contributed by atoms with Gasteiger partial charge in [-0.15, -0.1) is 0 Å². The van der Waals surface area contributed by atoms with E-state index in [1.54, 1.807) is 23.0 Å². The quantitative estimate of drug-likeness (QED) is 0.473. The summed E-state index contributed by atoms with van der Waals surface area (Å²) in [5.41, 5.74) is 0.289. The number of carbonyl (C=O) groups is 2. The highest BCUT2D eigenvalue weighted by Crippen LogP contribution is 2.46. The van der Waals surface area contributed by atoms with Crippen molar-refractivity contribution in [3.05, 3.63) is 34.5 Å². The van der Waals surface area contributed by atoms with Crippen molar-refractivity contribution >= 4 is 42.3 Å². The minimum atomic E-state index is -2.57. The molecule has 3 aliphatic rings. The largest absolute Gasteiger partial charge is 0.415 e. The van der Waals surface area contributed by atoms with Gasteiger partial charge in [-0.3, -0.25) is 9.80 Å². The Labute approximate surface area is 190 Å². The van der Waals surface area contributed by atoms with Gasteiger partial charge >= 0.3 is 6.09 Å². The average molecular weight is 481 g/mol. The number of nitrogens with zero attached hydrogens (tertiary/aromatic N) is 4. The molecule has 11 heteroatoms. The Bertz CT molecular complexity index is 1030. The number of ether oxygens (including phenoxy) is 1. The predicted molar refractivity (Wildman–Crippen MR) is 123 cm³/mol. The molecule has 4 rings (SSSR count). The lowest BCUT2D eigenvalue weighted by Gasteiger charge is -2.41. The van der Waals surface area contributed by atoms with Crippen molar-refractivity contribution in [3.8, 4) is 5.75 Å². The number of aliphatic imine (C=N–C) groups is 1. The Kier molecular flexibility index (Phi) is 6.74. The fourth-order valence-corrected chi connectivity index (χ4v) is 6.20. The first-order valence-electron chi connectivity index (χ1n) is 10.6. The zero-order valence-electron chi connectivity index (χ0n) is 18.1. The summed E-state index contributed by atoms with van der Waals surface area (Å²) in [5, 5.41) is 2.27. The fourth-order valence-electron chi connectivity index (χ4n) is 3.88. The van der Waals surface area contributed by atoms with Crippen molar-refractivity contribution < 1.29 is 23.3 Å². The first kappa shape index (κ1) is 23.0. The molecular formula is C21H26FN4O4PS. The van der Waals surface area contributed by atoms with Crippen LogP contribution in [0, 0.1) is 5.82 Å². The summed E-state index contributed by atoms with van der Waals surface area (Å²) < 4.78 is 34.0. The van der Waals surface area contributed by atoms with Crippen LogP contribution in [0.1, 0.15) is 31.2 Å². The zero-order valence-corrected chi connectivity index (χ0v) is 19.8. The van der Waals surface area contributed by atoms with E-state index >= 15 is 0 Å². The van der Waals surface area contributed by atoms with Crippen molar-refractivity contribution in [3.63, 3.8) is 0 Å². The van der Waals surface area contributed by atoms with E-state index in [-0.39, 0.29) is 16.2 Å². The van der Waals surface area contributed by atoms with Crippen LogP contribution in [-0.2, 0) is 9.36 Å². The van der Waals surface area contributed by atoms with Gasteiger partial charge in [0.2, 0.25) is 0 Å². The number of hydrogen-bond donors (Lipinski definition) is 0. The summed E-state index contributed by atoms with van der Waals surface area (Å²) in [6, 6.07) is 3.83. The third kappa shape index (κ3) is 5.08. The van der Waals surface area contributed by atoms with Gasteiger partial charge in [-0.25, -0.2) is 9.18 Å². The third-order valence-electron chi connectivity index (χ3n) is 5.46. The van der Waals surface area contributed by atoms with Crippen LogP contribution in [0.5, 0.6) is 5.75 Å². The molecule has 1 aromatic carbocycles. The highest BCUT2D eigenvalue weighted by atomic mass is 32.2. The molecule has 2 amide bonds. The van der Waals surface area contributed by atoms with E-state index < -0.39 is 25.1 Å². The third-order valence-corrected chi connectivity index (χ3v) is 7.99. The van der Waals surface area contributed by atoms with Crippen LogP contribution in [-0.4, -0.2) is 71.4 Å². The van der Waals surface area contributed by atoms with E-state index in [0.29, 0.717) is 31.3 Å². The standard InChI is InChI=1S/C21H26FN4O4PS/c1-31(2,29)26-12-6-5-11-25(26)20-23-19(27)18(32-20)14-15-13-16(22)7-8-17(15)30-21(28)24-9-3-4-10-24/h7-8,13-14H,3-6,9-12H2,1-2H3/b18-14-. The Morgan fingerprint density at radius 1 is 1.16 bits per heavy atom. The minimum Gasteiger partial charge on any atom is -0.410 e. The lowest BCUT2D eigenvalue weighted by molar-refractivity contribution is -0.113. The maximum absolute atomic E-state index is 14.0. The second kappa shape index (κ2) is 9.37. The van der Waals surface area contributed by atoms with E-state index in [0.717, 1.165) is 37.4 Å². The van der Waals surface area contributed by atoms with Crippen molar-refractivity contribution in [2.45, 2.75) is 25.7 Å². The smallest absolute Gasteiger partial charge is 0.410 e. The fraction of sp³-hybridized carbons (Fsp3) is 0.476. The minimum absolute atomic E-state index is 0.184. The van der Waals surface area contributed by atoms with Crippen molar-refractivity contribution in [2.24, 2.45) is 4.99 Å². The molecule has 0 N–H and O–H groups in total. The molecule has 2 saturated heterocycles. The van der Waals surface area contributed by atoms with Gasteiger partial charge in [0.25, 0.3) is 5.91 Å². The number of likely N-dealkylation sites (tertiary alicyclic amines) is 1. The molecule has 3 aliphatic heterocycles. The van der Waals surface area contributed by atoms with Crippen molar-refractivity contribution in [2.75, 3.05) is 39.5 Å². The molecule has 2 fully saturated rings. The van der Waals surface area contributed by atoms with Crippen LogP contribution < -0.4 is 4.74 Å². The van der Waals surface area contributed by atoms with Crippen LogP contribution in [0.25, 0.3) is 6.08 Å². The summed E-state index contributed by atoms with van der Waals surface area (Å²) in [6.07, 6.45) is 4.69. The molecule has 0 spiro atoms. The number of carbonyl (C=O) groups excluding carboxylic acids is 2. The van der Waals surface area contributed by atoms with Crippen LogP contribution in [0.15, 0.2) is 28.1 Å². The van der Waals surface area contributed by atoms with Crippen molar-refractivity contribution in [1.29, 1.82) is 0 Å². The highest BCUT2D eigenvalue weighted by Gasteiger charge is 2.35. The molecule has 0 atom stereocenters. The highest BCUT2D eigenvalue weighted by molar-refractivity contribution is 8.18. The average Bonchev–Trinajstić information content (AvgIpc) is 3.40. The topological polar surface area (TPSA) is 82.5 Å². The van der Waals surface area contributed by atoms with Gasteiger partial charge in [-0.05, 0) is 61.7 Å². The summed E-state index contributed by atoms with van der Waals surface area (Å²) in [6.45, 7) is 5.91. The normalized spacial score (nSPS) is 21.4. The molecule has 0 bridgehead atoms. The summed E-state index contributed by atoms with van der Waals surface area (Å²) in [5.74, 6) is -0.781. The van der Waals surface area contributed by atoms with E-state index in [1.807, 2.05) is 5.01 Å². The van der Waals surface area contributed by atoms with Gasteiger partial charge in [0, 0.05) is 45.1 Å². The Balaban J connectivity index is 1.56. The number of hydrogen-bond acceptors (Lipinski definition) is 6. The number of thioether (sulfide) groups is 1. The summed E-state index contributed by atoms with van der Waals surface area (Å²) in [7, 11) is -2.57. The van der Waals surface area contributed by atoms with Crippen LogP contribution in [0.3, 0.4) is 0 Å². The van der Waals surface area contributed by atoms with Gasteiger partial charge in [0.15, 0.2) is 12.5 Å². The first-order valence-corrected chi connectivity index (χ1v) is 14.0. The van der Waals surface area contributed by atoms with Crippen LogP contribution in [0.4, 0.5) is 9.18 Å². The first-order chi connectivity index (χ1) is 15.2. The van der Waals surface area contributed by atoms with Gasteiger partial charge in [0.1, 0.15) is 11.6 Å². The van der Waals surface area contributed by atoms with Gasteiger partial charge in [-0.1, -0.05) is 0 Å². The number of halogens is 1. The lowest BCUT2D eigenvalue weighted by atomic mass is 10.2. The number of rotatable bonds is 3. The lowest BCUT2D eigenvalue weighted by Crippen LogP contribution is -2.46. The molecule has 3 heterocycles. The maximum atomic E-state index is 14.0. The maximum Gasteiger partial charge on any atom is 0.415 e. The van der Waals surface area contributed by atoms with Gasteiger partial charge < -0.3 is 14.2 Å². The Morgan fingerprint density at radius 3 is 2.56 bits per heavy atom. The molecular weight excluding hydrogens is 454 g/mol. The molecule has 0 aliphatic carbocycles. The van der Waals surface area contributed by atoms with E-state index in [4.69, 9.17) is 4.74 Å². The molecule has 172 valence electrons. The van der Waals surface area contributed by atoms with E-state index in [9.17, 15) is 18.5 Å². The summed E-state index contributed by atoms with van der Waals surface area (Å²) >= 11 is 1.15. The molecule has 32 heavy (non-hydrogen) atoms. The molecule has 0 aromatic heterocycles. The SMILES string of the molecule is CP(C)(=O)N1CCCCN1C1=NC(=O)/C(=C/c2cc(F)ccc2OC(=O)N2CCCC2)S1. The number of amides is 2. The zero-order chi connectivity index (χ0) is 22.9. The second-order valence-corrected chi connectivity index (χ2v) is 12.3. The Morgan fingerprint density at radius 2 is 1.84 bits per heavy atom. The second-order valence-electron chi connectivity index (χ2n) is 8.27. The molecule has 0 radical (unpaired) electrons. The number of benzene rings is 1. The van der Waals surface area contributed by atoms with E-state index in [2.05, 4.69) is 4.99 Å². The number of amidine groups is 1. The predicted octanol–water partition coefficient (Wildman–Crippen LogP) is 4.24. The van der Waals surface area contributed by atoms with Crippen LogP contribution >= 0.6 is 19.1 Å². The van der Waals surface area contributed by atoms with Gasteiger partial charge in [-0.2, -0.15) is 9.77 Å². The molecule has 0 saturated carbocycles. The number of hydrazine groups is 1. The van der Waals surface area contributed by atoms with Crippen molar-refractivity contribution in [1.82, 2.24) is 14.7 Å². The monoisotopic (exact) mass is 480 g/mol. The van der Waals surface area contributed by atoms with E-state index in [1.165, 1.54) is 24.3 Å². The summed E-state index contributed by atoms with van der Waals surface area (Å²) in [4.78, 5) is 31.1. The molecule has 0 unspecified atom stereocenters. The Hall–Kier alpha value is -2.16. The molecule has 8 nitrogen and oxygen atoms in total.